The Hall–Kier alpha value is -4.29. The molecule has 0 unspecified atom stereocenters. The van der Waals surface area contributed by atoms with E-state index >= 15 is 0 Å². The third-order valence-corrected chi connectivity index (χ3v) is 6.98. The van der Waals surface area contributed by atoms with Crippen LogP contribution < -0.4 is 0 Å². The molecule has 0 amide bonds. The van der Waals surface area contributed by atoms with Gasteiger partial charge in [-0.15, -0.1) is 21.5 Å². The summed E-state index contributed by atoms with van der Waals surface area (Å²) in [6.07, 6.45) is 5.34. The van der Waals surface area contributed by atoms with Crippen molar-refractivity contribution in [1.82, 2.24) is 20.2 Å². The first kappa shape index (κ1) is 18.3. The fourth-order valence-electron chi connectivity index (χ4n) is 4.57. The van der Waals surface area contributed by atoms with Crippen molar-refractivity contribution in [2.24, 2.45) is 4.99 Å². The van der Waals surface area contributed by atoms with Crippen LogP contribution in [0.4, 0.5) is 5.69 Å². The molecule has 0 aliphatic rings. The Balaban J connectivity index is 1.68. The third kappa shape index (κ3) is 2.74. The lowest BCUT2D eigenvalue weighted by molar-refractivity contribution is 1.14. The van der Waals surface area contributed by atoms with E-state index in [-0.39, 0.29) is 0 Å². The average molecular weight is 442 g/mol. The molecular formula is C27H15N5S. The van der Waals surface area contributed by atoms with E-state index in [9.17, 15) is 0 Å². The zero-order chi connectivity index (χ0) is 21.8. The molecule has 3 heterocycles. The van der Waals surface area contributed by atoms with Crippen LogP contribution in [-0.4, -0.2) is 26.4 Å². The maximum Gasteiger partial charge on any atom is 0.149 e. The molecule has 0 spiro atoms. The van der Waals surface area contributed by atoms with Gasteiger partial charge in [-0.25, -0.2) is 9.97 Å². The highest BCUT2D eigenvalue weighted by Crippen LogP contribution is 2.43. The number of benzene rings is 4. The van der Waals surface area contributed by atoms with E-state index in [1.165, 1.54) is 5.39 Å². The molecule has 0 saturated carbocycles. The summed E-state index contributed by atoms with van der Waals surface area (Å²) in [4.78, 5) is 14.6. The quantitative estimate of drug-likeness (QED) is 0.217. The first-order valence-corrected chi connectivity index (χ1v) is 11.4. The van der Waals surface area contributed by atoms with Crippen molar-refractivity contribution in [3.05, 3.63) is 90.9 Å². The van der Waals surface area contributed by atoms with Crippen molar-refractivity contribution in [1.29, 1.82) is 0 Å². The first-order chi connectivity index (χ1) is 16.4. The van der Waals surface area contributed by atoms with Crippen LogP contribution in [0.3, 0.4) is 0 Å². The van der Waals surface area contributed by atoms with Crippen LogP contribution in [0, 0.1) is 0 Å². The van der Waals surface area contributed by atoms with Crippen LogP contribution in [0.5, 0.6) is 0 Å². The molecule has 6 heteroatoms. The summed E-state index contributed by atoms with van der Waals surface area (Å²) < 4.78 is 1.01. The zero-order valence-electron chi connectivity index (χ0n) is 17.3. The van der Waals surface area contributed by atoms with Gasteiger partial charge in [-0.1, -0.05) is 66.7 Å². The minimum absolute atomic E-state index is 0.843. The highest BCUT2D eigenvalue weighted by Gasteiger charge is 2.19. The van der Waals surface area contributed by atoms with Crippen LogP contribution in [0.1, 0.15) is 5.56 Å². The van der Waals surface area contributed by atoms with Gasteiger partial charge in [-0.3, -0.25) is 4.99 Å². The molecule has 0 N–H and O–H groups in total. The maximum atomic E-state index is 4.88. The molecule has 7 rings (SSSR count). The largest absolute Gasteiger partial charge is 0.256 e. The van der Waals surface area contributed by atoms with E-state index in [1.807, 2.05) is 48.8 Å². The first-order valence-electron chi connectivity index (χ1n) is 10.6. The summed E-state index contributed by atoms with van der Waals surface area (Å²) in [6.45, 7) is 0. The maximum absolute atomic E-state index is 4.88. The van der Waals surface area contributed by atoms with E-state index in [1.54, 1.807) is 17.7 Å². The van der Waals surface area contributed by atoms with Crippen molar-refractivity contribution in [2.45, 2.75) is 0 Å². The third-order valence-electron chi connectivity index (χ3n) is 5.98. The lowest BCUT2D eigenvalue weighted by Crippen LogP contribution is -1.91. The summed E-state index contributed by atoms with van der Waals surface area (Å²) >= 11 is 1.57. The highest BCUT2D eigenvalue weighted by atomic mass is 32.1. The van der Waals surface area contributed by atoms with E-state index < -0.39 is 0 Å². The fraction of sp³-hybridized carbons (Fsp3) is 0. The Kier molecular flexibility index (Phi) is 3.95. The normalized spacial score (nSPS) is 12.1. The van der Waals surface area contributed by atoms with Crippen LogP contribution in [0.15, 0.2) is 90.3 Å². The van der Waals surface area contributed by atoms with E-state index in [0.29, 0.717) is 0 Å². The van der Waals surface area contributed by atoms with Crippen molar-refractivity contribution < 1.29 is 0 Å². The van der Waals surface area contributed by atoms with Gasteiger partial charge in [-0.05, 0) is 27.8 Å². The molecule has 7 aromatic rings. The van der Waals surface area contributed by atoms with Crippen LogP contribution in [-0.2, 0) is 0 Å². The van der Waals surface area contributed by atoms with Gasteiger partial charge in [0.2, 0.25) is 0 Å². The fourth-order valence-corrected chi connectivity index (χ4v) is 5.53. The van der Waals surface area contributed by atoms with Crippen molar-refractivity contribution in [2.75, 3.05) is 0 Å². The van der Waals surface area contributed by atoms with Crippen LogP contribution in [0.2, 0.25) is 0 Å². The molecule has 5 nitrogen and oxygen atoms in total. The summed E-state index contributed by atoms with van der Waals surface area (Å²) in [6, 6.07) is 24.8. The lowest BCUT2D eigenvalue weighted by atomic mass is 9.95. The molecule has 3 aromatic heterocycles. The van der Waals surface area contributed by atoms with E-state index in [2.05, 4.69) is 51.5 Å². The van der Waals surface area contributed by atoms with Crippen LogP contribution in [0.25, 0.3) is 52.9 Å². The Morgan fingerprint density at radius 3 is 2.39 bits per heavy atom. The van der Waals surface area contributed by atoms with E-state index in [4.69, 9.17) is 10.1 Å². The second-order valence-corrected chi connectivity index (χ2v) is 8.89. The number of hydrogen-bond donors (Lipinski definition) is 0. The molecule has 154 valence electrons. The standard InChI is InChI=1S/C27H15N5S/c1-2-7-16(8-3-1)13-29-20-12-6-11-18-17-9-4-5-10-19(17)23-24-25-21(14-28-15-30-25)33-27(24)32-31-26(23)22(18)20/h1-15H. The van der Waals surface area contributed by atoms with Crippen molar-refractivity contribution in [3.8, 4) is 0 Å². The van der Waals surface area contributed by atoms with E-state index in [0.717, 1.165) is 58.7 Å². The van der Waals surface area contributed by atoms with Gasteiger partial charge in [0.1, 0.15) is 16.7 Å². The SMILES string of the molecule is C(=Nc1cccc2c3ccccc3c3c(nnc4sc5cncnc5c43)c12)c1ccccc1. The molecule has 0 aliphatic carbocycles. The summed E-state index contributed by atoms with van der Waals surface area (Å²) in [5.41, 5.74) is 3.68. The van der Waals surface area contributed by atoms with Gasteiger partial charge in [-0.2, -0.15) is 0 Å². The molecule has 0 aliphatic heterocycles. The molecule has 0 fully saturated rings. The number of aliphatic imine (C=N–C) groups is 1. The second kappa shape index (κ2) is 7.12. The molecular weight excluding hydrogens is 426 g/mol. The van der Waals surface area contributed by atoms with Gasteiger partial charge < -0.3 is 0 Å². The summed E-state index contributed by atoms with van der Waals surface area (Å²) in [5.74, 6) is 0. The number of nitrogens with zero attached hydrogens (tertiary/aromatic N) is 5. The summed E-state index contributed by atoms with van der Waals surface area (Å²) in [7, 11) is 0. The molecule has 0 radical (unpaired) electrons. The van der Waals surface area contributed by atoms with Gasteiger partial charge in [0.25, 0.3) is 0 Å². The minimum Gasteiger partial charge on any atom is -0.256 e. The molecule has 0 bridgehead atoms. The number of aromatic nitrogens is 4. The number of rotatable bonds is 2. The van der Waals surface area contributed by atoms with Gasteiger partial charge in [0.15, 0.2) is 0 Å². The molecule has 4 aromatic carbocycles. The van der Waals surface area contributed by atoms with Gasteiger partial charge in [0, 0.05) is 28.6 Å². The lowest BCUT2D eigenvalue weighted by Gasteiger charge is -2.11. The smallest absolute Gasteiger partial charge is 0.149 e. The number of thiophene rings is 1. The number of fused-ring (bicyclic) bond motifs is 10. The topological polar surface area (TPSA) is 63.9 Å². The number of hydrogen-bond acceptors (Lipinski definition) is 6. The molecule has 0 saturated heterocycles. The average Bonchev–Trinajstić information content (AvgIpc) is 3.27. The summed E-state index contributed by atoms with van der Waals surface area (Å²) in [5, 5.41) is 15.9. The van der Waals surface area contributed by atoms with Crippen molar-refractivity contribution >= 4 is 76.1 Å². The van der Waals surface area contributed by atoms with Crippen LogP contribution >= 0.6 is 11.3 Å². The second-order valence-electron chi connectivity index (χ2n) is 7.86. The Bertz CT molecular complexity index is 1870. The molecule has 33 heavy (non-hydrogen) atoms. The predicted octanol–water partition coefficient (Wildman–Crippen LogP) is 6.84. The zero-order valence-corrected chi connectivity index (χ0v) is 18.1. The highest BCUT2D eigenvalue weighted by molar-refractivity contribution is 7.25. The Labute approximate surface area is 192 Å². The predicted molar refractivity (Wildman–Crippen MR) is 137 cm³/mol. The van der Waals surface area contributed by atoms with Gasteiger partial charge >= 0.3 is 0 Å². The molecule has 0 atom stereocenters. The minimum atomic E-state index is 0.843. The Morgan fingerprint density at radius 2 is 1.48 bits per heavy atom. The monoisotopic (exact) mass is 441 g/mol. The van der Waals surface area contributed by atoms with Gasteiger partial charge in [0.05, 0.1) is 15.9 Å². The van der Waals surface area contributed by atoms with Crippen molar-refractivity contribution in [3.63, 3.8) is 0 Å². The Morgan fingerprint density at radius 1 is 0.697 bits per heavy atom.